The molecule has 2 atom stereocenters. The van der Waals surface area contributed by atoms with Gasteiger partial charge in [0.25, 0.3) is 11.8 Å². The molecular weight excluding hydrogens is 454 g/mol. The zero-order valence-electron chi connectivity index (χ0n) is 21.6. The van der Waals surface area contributed by atoms with Crippen molar-refractivity contribution in [1.82, 2.24) is 10.6 Å². The second-order valence-electron chi connectivity index (χ2n) is 9.24. The summed E-state index contributed by atoms with van der Waals surface area (Å²) >= 11 is 0. The second-order valence-corrected chi connectivity index (χ2v) is 9.24. The number of fused-ring (bicyclic) bond motifs is 3. The van der Waals surface area contributed by atoms with Gasteiger partial charge in [-0.3, -0.25) is 9.59 Å². The minimum atomic E-state index is -1.08. The van der Waals surface area contributed by atoms with Gasteiger partial charge in [0.1, 0.15) is 6.04 Å². The molecule has 0 saturated heterocycles. The fourth-order valence-corrected chi connectivity index (χ4v) is 4.09. The van der Waals surface area contributed by atoms with Gasteiger partial charge in [0.05, 0.1) is 5.69 Å². The highest BCUT2D eigenvalue weighted by Crippen LogP contribution is 2.39. The Labute approximate surface area is 213 Å². The number of carbonyl (C=O) groups excluding carboxylic acids is 3. The normalized spacial score (nSPS) is 15.7. The van der Waals surface area contributed by atoms with Crippen molar-refractivity contribution in [2.75, 3.05) is 18.5 Å². The lowest BCUT2D eigenvalue weighted by Gasteiger charge is -2.24. The quantitative estimate of drug-likeness (QED) is 0.493. The number of benzene rings is 2. The average molecular weight is 490 g/mol. The number of anilines is 1. The minimum Gasteiger partial charge on any atom is -0.436 e. The fraction of sp³-hybridized carbons (Fsp3) is 0.345. The summed E-state index contributed by atoms with van der Waals surface area (Å²) in [5, 5.41) is 5.44. The number of rotatable bonds is 8. The van der Waals surface area contributed by atoms with Crippen LogP contribution in [0.15, 0.2) is 71.8 Å². The minimum absolute atomic E-state index is 0.272. The number of ether oxygens (including phenoxy) is 1. The van der Waals surface area contributed by atoms with Gasteiger partial charge < -0.3 is 20.3 Å². The molecule has 0 unspecified atom stereocenters. The van der Waals surface area contributed by atoms with Crippen molar-refractivity contribution in [2.45, 2.75) is 52.7 Å². The smallest absolute Gasteiger partial charge is 0.408 e. The molecule has 1 heterocycles. The molecule has 0 aromatic heterocycles. The molecule has 0 bridgehead atoms. The zero-order valence-corrected chi connectivity index (χ0v) is 21.6. The Balaban J connectivity index is 1.63. The summed E-state index contributed by atoms with van der Waals surface area (Å²) in [6.07, 6.45) is 4.20. The number of nitrogens with zero attached hydrogens (tertiary/aromatic N) is 1. The number of alkyl carbamates (subject to hydrolysis) is 1. The van der Waals surface area contributed by atoms with Crippen LogP contribution in [0.3, 0.4) is 0 Å². The first-order valence-corrected chi connectivity index (χ1v) is 12.2. The molecule has 1 aliphatic heterocycles. The highest BCUT2D eigenvalue weighted by Gasteiger charge is 2.34. The molecule has 0 aliphatic carbocycles. The van der Waals surface area contributed by atoms with Gasteiger partial charge >= 0.3 is 6.09 Å². The van der Waals surface area contributed by atoms with Crippen LogP contribution in [0.4, 0.5) is 10.5 Å². The number of hydrogen-bond donors (Lipinski definition) is 2. The number of allylic oxidation sites excluding steroid dienone is 3. The van der Waals surface area contributed by atoms with E-state index in [1.165, 1.54) is 12.5 Å². The molecule has 2 aromatic rings. The molecule has 3 rings (SSSR count). The van der Waals surface area contributed by atoms with E-state index in [0.717, 1.165) is 35.2 Å². The van der Waals surface area contributed by atoms with E-state index in [9.17, 15) is 14.4 Å². The van der Waals surface area contributed by atoms with Gasteiger partial charge in [-0.1, -0.05) is 65.8 Å². The van der Waals surface area contributed by atoms with Crippen LogP contribution in [0.1, 0.15) is 52.1 Å². The van der Waals surface area contributed by atoms with Crippen molar-refractivity contribution in [3.05, 3.63) is 77.4 Å². The maximum atomic E-state index is 13.3. The van der Waals surface area contributed by atoms with Crippen LogP contribution < -0.4 is 15.5 Å². The molecule has 0 radical (unpaired) electrons. The molecule has 190 valence electrons. The topological polar surface area (TPSA) is 87.7 Å². The summed E-state index contributed by atoms with van der Waals surface area (Å²) in [6.45, 7) is 7.94. The van der Waals surface area contributed by atoms with Crippen molar-refractivity contribution >= 4 is 23.6 Å². The molecule has 0 fully saturated rings. The van der Waals surface area contributed by atoms with Crippen LogP contribution in [-0.2, 0) is 14.3 Å². The van der Waals surface area contributed by atoms with Crippen molar-refractivity contribution in [2.24, 2.45) is 0 Å². The average Bonchev–Trinajstić information content (AvgIpc) is 2.93. The van der Waals surface area contributed by atoms with E-state index in [0.29, 0.717) is 12.1 Å². The molecule has 36 heavy (non-hydrogen) atoms. The van der Waals surface area contributed by atoms with Crippen LogP contribution in [-0.4, -0.2) is 37.6 Å². The van der Waals surface area contributed by atoms with Crippen molar-refractivity contribution in [3.63, 3.8) is 0 Å². The number of nitrogens with one attached hydrogen (secondary N) is 2. The van der Waals surface area contributed by atoms with Gasteiger partial charge in [-0.05, 0) is 57.7 Å². The molecular formula is C29H35N3O4. The SMILES string of the molecule is CC(C)=CCCC(C)=CCNC(=O)O[C@@H](C)C(=O)N[C@@H]1C(=O)N(C)c2ccccc2-c2ccccc21. The fourth-order valence-electron chi connectivity index (χ4n) is 4.09. The maximum Gasteiger partial charge on any atom is 0.408 e. The van der Waals surface area contributed by atoms with E-state index >= 15 is 0 Å². The van der Waals surface area contributed by atoms with Gasteiger partial charge in [-0.2, -0.15) is 0 Å². The van der Waals surface area contributed by atoms with Crippen molar-refractivity contribution in [1.29, 1.82) is 0 Å². The highest BCUT2D eigenvalue weighted by molar-refractivity contribution is 6.06. The lowest BCUT2D eigenvalue weighted by molar-refractivity contribution is -0.132. The molecule has 2 N–H and O–H groups in total. The molecule has 0 saturated carbocycles. The predicted molar refractivity (Wildman–Crippen MR) is 143 cm³/mol. The van der Waals surface area contributed by atoms with Gasteiger partial charge in [0, 0.05) is 19.2 Å². The highest BCUT2D eigenvalue weighted by atomic mass is 16.6. The molecule has 2 aromatic carbocycles. The monoisotopic (exact) mass is 489 g/mol. The third-order valence-corrected chi connectivity index (χ3v) is 6.13. The predicted octanol–water partition coefficient (Wildman–Crippen LogP) is 5.29. The largest absolute Gasteiger partial charge is 0.436 e. The van der Waals surface area contributed by atoms with E-state index in [1.807, 2.05) is 61.5 Å². The summed E-state index contributed by atoms with van der Waals surface area (Å²) in [7, 11) is 1.69. The van der Waals surface area contributed by atoms with Gasteiger partial charge in [0.15, 0.2) is 6.10 Å². The van der Waals surface area contributed by atoms with E-state index in [2.05, 4.69) is 30.6 Å². The van der Waals surface area contributed by atoms with Crippen LogP contribution in [0.5, 0.6) is 0 Å². The lowest BCUT2D eigenvalue weighted by atomic mass is 9.95. The molecule has 7 heteroatoms. The summed E-state index contributed by atoms with van der Waals surface area (Å²) < 4.78 is 5.27. The number of carbonyl (C=O) groups is 3. The summed E-state index contributed by atoms with van der Waals surface area (Å²) in [5.74, 6) is -0.822. The summed E-state index contributed by atoms with van der Waals surface area (Å²) in [6, 6.07) is 14.2. The van der Waals surface area contributed by atoms with Crippen LogP contribution in [0.2, 0.25) is 0 Å². The standard InChI is InChI=1S/C29H35N3O4/c1-19(2)11-10-12-20(3)17-18-30-29(35)36-21(4)27(33)31-26-24-15-7-6-13-22(24)23-14-8-9-16-25(23)32(5)28(26)34/h6-9,11,13-17,21,26H,10,12,18H2,1-5H3,(H,30,35)(H,31,33)/t21-,26-/m0/s1. The number of para-hydroxylation sites is 1. The summed E-state index contributed by atoms with van der Waals surface area (Å²) in [5.41, 5.74) is 5.68. The first-order valence-electron chi connectivity index (χ1n) is 12.2. The van der Waals surface area contributed by atoms with Crippen LogP contribution >= 0.6 is 0 Å². The van der Waals surface area contributed by atoms with Crippen LogP contribution in [0, 0.1) is 0 Å². The molecule has 1 aliphatic rings. The van der Waals surface area contributed by atoms with E-state index < -0.39 is 24.1 Å². The number of hydrogen-bond acceptors (Lipinski definition) is 4. The Morgan fingerprint density at radius 1 is 1.03 bits per heavy atom. The summed E-state index contributed by atoms with van der Waals surface area (Å²) in [4.78, 5) is 40.1. The van der Waals surface area contributed by atoms with Crippen molar-refractivity contribution < 1.29 is 19.1 Å². The molecule has 7 nitrogen and oxygen atoms in total. The Morgan fingerprint density at radius 2 is 1.69 bits per heavy atom. The third-order valence-electron chi connectivity index (χ3n) is 6.13. The zero-order chi connectivity index (χ0) is 26.2. The molecule has 0 spiro atoms. The Morgan fingerprint density at radius 3 is 2.42 bits per heavy atom. The first kappa shape index (κ1) is 26.7. The third kappa shape index (κ3) is 6.62. The molecule has 3 amide bonds. The lowest BCUT2D eigenvalue weighted by Crippen LogP contribution is -2.45. The number of likely N-dealkylation sites (N-methyl/N-ethyl adjacent to an activating group) is 1. The number of amides is 3. The van der Waals surface area contributed by atoms with Gasteiger partial charge in [-0.15, -0.1) is 0 Å². The van der Waals surface area contributed by atoms with Gasteiger partial charge in [-0.25, -0.2) is 4.79 Å². The van der Waals surface area contributed by atoms with Crippen LogP contribution in [0.25, 0.3) is 11.1 Å². The maximum absolute atomic E-state index is 13.3. The Kier molecular flexibility index (Phi) is 9.06. The second kappa shape index (κ2) is 12.2. The van der Waals surface area contributed by atoms with E-state index in [-0.39, 0.29) is 5.91 Å². The van der Waals surface area contributed by atoms with Gasteiger partial charge in [0.2, 0.25) is 0 Å². The van der Waals surface area contributed by atoms with E-state index in [1.54, 1.807) is 11.9 Å². The Hall–Kier alpha value is -3.87. The van der Waals surface area contributed by atoms with E-state index in [4.69, 9.17) is 4.74 Å². The first-order chi connectivity index (χ1) is 17.2. The Bertz CT molecular complexity index is 1180. The van der Waals surface area contributed by atoms with Crippen molar-refractivity contribution in [3.8, 4) is 11.1 Å².